The van der Waals surface area contributed by atoms with Crippen LogP contribution in [0.1, 0.15) is 11.1 Å². The molecule has 6 N–H and O–H groups in total. The van der Waals surface area contributed by atoms with Crippen molar-refractivity contribution in [3.05, 3.63) is 47.5 Å². The summed E-state index contributed by atoms with van der Waals surface area (Å²) in [5.74, 6) is 0. The molecule has 0 saturated heterocycles. The van der Waals surface area contributed by atoms with E-state index in [4.69, 9.17) is 11.5 Å². The molecule has 0 fully saturated rings. The molecule has 0 aliphatic rings. The normalized spacial score (nSPS) is 13.5. The SMILES string of the molecule is Nc1ccc(C(=[C]([Na])c2cccc[c]2[Na])S(=O)(=O)O)c(S(=O)(=O)O)c1N. The Hall–Kier alpha value is -0.400. The minimum absolute atomic E-state index is 0.144. The number of nitrogen functional groups attached to an aromatic ring is 2. The van der Waals surface area contributed by atoms with Gasteiger partial charge in [0.15, 0.2) is 0 Å². The van der Waals surface area contributed by atoms with Crippen LogP contribution in [-0.2, 0) is 20.2 Å². The number of benzene rings is 2. The topological polar surface area (TPSA) is 161 Å². The zero-order valence-electron chi connectivity index (χ0n) is 14.0. The van der Waals surface area contributed by atoms with E-state index < -0.39 is 41.3 Å². The first-order chi connectivity index (χ1) is 11.9. The molecule has 0 atom stereocenters. The van der Waals surface area contributed by atoms with Gasteiger partial charge in [-0.2, -0.15) is 0 Å². The van der Waals surface area contributed by atoms with E-state index in [1.807, 2.05) is 6.07 Å². The van der Waals surface area contributed by atoms with E-state index >= 15 is 0 Å². The van der Waals surface area contributed by atoms with Gasteiger partial charge in [0, 0.05) is 0 Å². The molecule has 0 radical (unpaired) electrons. The average molecular weight is 414 g/mol. The third-order valence-corrected chi connectivity index (χ3v) is 8.15. The maximum atomic E-state index is 12.1. The Kier molecular flexibility index (Phi) is 6.67. The fourth-order valence-electron chi connectivity index (χ4n) is 2.72. The number of rotatable bonds is 4. The van der Waals surface area contributed by atoms with Gasteiger partial charge in [-0.25, -0.2) is 0 Å². The Morgan fingerprint density at radius 3 is 2.00 bits per heavy atom. The molecule has 0 aliphatic carbocycles. The van der Waals surface area contributed by atoms with Gasteiger partial charge in [-0.15, -0.1) is 0 Å². The molecular formula is C14H12N2Na2O6S2. The average Bonchev–Trinajstić information content (AvgIpc) is 2.48. The zero-order valence-corrected chi connectivity index (χ0v) is 19.6. The van der Waals surface area contributed by atoms with Crippen LogP contribution >= 0.6 is 0 Å². The number of hydrogen-bond acceptors (Lipinski definition) is 6. The summed E-state index contributed by atoms with van der Waals surface area (Å²) in [4.78, 5) is -1.45. The van der Waals surface area contributed by atoms with Gasteiger partial charge in [-0.1, -0.05) is 0 Å². The first kappa shape index (κ1) is 21.9. The predicted octanol–water partition coefficient (Wildman–Crippen LogP) is -0.226. The van der Waals surface area contributed by atoms with Gasteiger partial charge in [0.1, 0.15) is 0 Å². The Labute approximate surface area is 186 Å². The molecule has 128 valence electrons. The third-order valence-electron chi connectivity index (χ3n) is 3.88. The Balaban J connectivity index is 3.04. The van der Waals surface area contributed by atoms with Crippen LogP contribution in [0.4, 0.5) is 11.4 Å². The second kappa shape index (κ2) is 7.92. The molecule has 12 heteroatoms. The van der Waals surface area contributed by atoms with E-state index in [1.54, 1.807) is 18.2 Å². The van der Waals surface area contributed by atoms with Crippen molar-refractivity contribution < 1.29 is 25.9 Å². The second-order valence-corrected chi connectivity index (χ2v) is 10.5. The van der Waals surface area contributed by atoms with Crippen LogP contribution in [0.25, 0.3) is 7.73 Å². The van der Waals surface area contributed by atoms with E-state index in [0.717, 1.165) is 8.88 Å². The Morgan fingerprint density at radius 2 is 1.50 bits per heavy atom. The van der Waals surface area contributed by atoms with Gasteiger partial charge in [0.25, 0.3) is 0 Å². The fraction of sp³-hybridized carbons (Fsp3) is 0. The van der Waals surface area contributed by atoms with Gasteiger partial charge < -0.3 is 0 Å². The molecule has 2 aromatic rings. The number of hydrogen-bond donors (Lipinski definition) is 4. The summed E-state index contributed by atoms with van der Waals surface area (Å²) in [5.41, 5.74) is 10.8. The van der Waals surface area contributed by atoms with Gasteiger partial charge in [-0.3, -0.25) is 0 Å². The zero-order chi connectivity index (χ0) is 19.9. The maximum absolute atomic E-state index is 12.1. The van der Waals surface area contributed by atoms with Crippen LogP contribution in [0.3, 0.4) is 0 Å². The number of nitrogens with two attached hydrogens (primary N) is 2. The number of anilines is 2. The molecule has 0 unspecified atom stereocenters. The van der Waals surface area contributed by atoms with Crippen LogP contribution in [-0.4, -0.2) is 81.8 Å². The van der Waals surface area contributed by atoms with E-state index in [-0.39, 0.29) is 36.4 Å². The molecule has 0 heterocycles. The molecule has 0 saturated carbocycles. The van der Waals surface area contributed by atoms with E-state index in [0.29, 0.717) is 33.5 Å². The predicted molar refractivity (Wildman–Crippen MR) is 101 cm³/mol. The van der Waals surface area contributed by atoms with Crippen molar-refractivity contribution in [2.45, 2.75) is 4.90 Å². The summed E-state index contributed by atoms with van der Waals surface area (Å²) in [6.07, 6.45) is 0. The van der Waals surface area contributed by atoms with Crippen LogP contribution in [0, 0.1) is 0 Å². The molecule has 2 aromatic carbocycles. The molecule has 8 nitrogen and oxygen atoms in total. The van der Waals surface area contributed by atoms with Crippen LogP contribution < -0.4 is 14.3 Å². The van der Waals surface area contributed by atoms with E-state index in [9.17, 15) is 25.9 Å². The monoisotopic (exact) mass is 414 g/mol. The van der Waals surface area contributed by atoms with Gasteiger partial charge in [0.2, 0.25) is 0 Å². The second-order valence-electron chi connectivity index (χ2n) is 5.66. The van der Waals surface area contributed by atoms with Crippen molar-refractivity contribution in [3.63, 3.8) is 0 Å². The van der Waals surface area contributed by atoms with Crippen LogP contribution in [0.5, 0.6) is 0 Å². The van der Waals surface area contributed by atoms with Crippen molar-refractivity contribution in [1.82, 2.24) is 0 Å². The Bertz CT molecular complexity index is 1130. The summed E-state index contributed by atoms with van der Waals surface area (Å²) in [5, 5.41) is 0. The van der Waals surface area contributed by atoms with Crippen molar-refractivity contribution >= 4 is 98.0 Å². The van der Waals surface area contributed by atoms with Crippen molar-refractivity contribution in [2.75, 3.05) is 11.5 Å². The van der Waals surface area contributed by atoms with Crippen molar-refractivity contribution in [1.29, 1.82) is 0 Å². The quantitative estimate of drug-likeness (QED) is 0.231. The molecular weight excluding hydrogens is 402 g/mol. The van der Waals surface area contributed by atoms with E-state index in [1.165, 1.54) is 6.07 Å². The minimum atomic E-state index is -4.91. The first-order valence-electron chi connectivity index (χ1n) is 7.26. The van der Waals surface area contributed by atoms with Gasteiger partial charge in [0.05, 0.1) is 0 Å². The molecule has 26 heavy (non-hydrogen) atoms. The molecule has 0 spiro atoms. The fourth-order valence-corrected chi connectivity index (χ4v) is 7.41. The van der Waals surface area contributed by atoms with Crippen LogP contribution in [0.2, 0.25) is 0 Å². The first-order valence-corrected chi connectivity index (χ1v) is 12.1. The third kappa shape index (κ3) is 4.53. The van der Waals surface area contributed by atoms with Gasteiger partial charge in [-0.05, 0) is 0 Å². The molecule has 0 bridgehead atoms. The van der Waals surface area contributed by atoms with E-state index in [2.05, 4.69) is 0 Å². The van der Waals surface area contributed by atoms with Crippen molar-refractivity contribution in [2.24, 2.45) is 0 Å². The standard InChI is InChI=1S/C14H12N2O6S2.2Na/c15-11-7-6-10(14(13(11)16)24(20,21)22)12(23(17,18)19)8-9-4-2-1-3-5-9;;/h1-4,6-7H,15-16H2,(H,17,18,19)(H,20,21,22);;. The summed E-state index contributed by atoms with van der Waals surface area (Å²) in [7, 11) is -9.75. The molecule has 0 aromatic heterocycles. The van der Waals surface area contributed by atoms with Crippen LogP contribution in [0.15, 0.2) is 41.3 Å². The Morgan fingerprint density at radius 1 is 0.923 bits per heavy atom. The molecule has 2 rings (SSSR count). The molecule has 0 amide bonds. The summed E-state index contributed by atoms with van der Waals surface area (Å²) in [6, 6.07) is 9.30. The summed E-state index contributed by atoms with van der Waals surface area (Å²) < 4.78 is 68.4. The molecule has 0 aliphatic heterocycles. The van der Waals surface area contributed by atoms with Gasteiger partial charge >= 0.3 is 188 Å². The summed E-state index contributed by atoms with van der Waals surface area (Å²) in [6.45, 7) is 0. The summed E-state index contributed by atoms with van der Waals surface area (Å²) >= 11 is 0.773. The van der Waals surface area contributed by atoms with Crippen molar-refractivity contribution in [3.8, 4) is 0 Å².